The van der Waals surface area contributed by atoms with Crippen molar-refractivity contribution in [2.24, 2.45) is 0 Å². The van der Waals surface area contributed by atoms with Crippen LogP contribution in [0, 0.1) is 0 Å². The van der Waals surface area contributed by atoms with Gasteiger partial charge in [0.05, 0.1) is 7.11 Å². The van der Waals surface area contributed by atoms with Crippen molar-refractivity contribution in [3.8, 4) is 11.5 Å². The van der Waals surface area contributed by atoms with Crippen LogP contribution in [0.25, 0.3) is 0 Å². The van der Waals surface area contributed by atoms with Crippen molar-refractivity contribution in [3.63, 3.8) is 0 Å². The van der Waals surface area contributed by atoms with E-state index in [0.29, 0.717) is 17.4 Å². The van der Waals surface area contributed by atoms with E-state index in [-0.39, 0.29) is 11.5 Å². The lowest BCUT2D eigenvalue weighted by molar-refractivity contribution is -0.144. The summed E-state index contributed by atoms with van der Waals surface area (Å²) in [5, 5.41) is 9.94. The lowest BCUT2D eigenvalue weighted by atomic mass is 10.1. The minimum absolute atomic E-state index is 0.142. The van der Waals surface area contributed by atoms with Gasteiger partial charge in [-0.15, -0.1) is 0 Å². The largest absolute Gasteiger partial charge is 0.493 e. The van der Waals surface area contributed by atoms with Crippen molar-refractivity contribution < 1.29 is 24.2 Å². The molecule has 108 valence electrons. The molecule has 2 aromatic carbocycles. The van der Waals surface area contributed by atoms with Crippen LogP contribution in [0.5, 0.6) is 11.5 Å². The topological polar surface area (TPSA) is 72.8 Å². The van der Waals surface area contributed by atoms with E-state index in [9.17, 15) is 14.7 Å². The molecule has 2 rings (SSSR count). The molecule has 1 unspecified atom stereocenters. The summed E-state index contributed by atoms with van der Waals surface area (Å²) in [7, 11) is 1.40. The van der Waals surface area contributed by atoms with Gasteiger partial charge in [-0.25, -0.2) is 4.79 Å². The van der Waals surface area contributed by atoms with E-state index >= 15 is 0 Å². The van der Waals surface area contributed by atoms with E-state index in [4.69, 9.17) is 9.47 Å². The molecule has 0 bridgehead atoms. The first-order valence-corrected chi connectivity index (χ1v) is 6.23. The summed E-state index contributed by atoms with van der Waals surface area (Å²) >= 11 is 0. The van der Waals surface area contributed by atoms with E-state index in [1.807, 2.05) is 0 Å². The van der Waals surface area contributed by atoms with Crippen LogP contribution in [-0.4, -0.2) is 24.5 Å². The van der Waals surface area contributed by atoms with Crippen molar-refractivity contribution in [2.75, 3.05) is 7.11 Å². The molecule has 0 aliphatic carbocycles. The molecule has 0 saturated carbocycles. The number of ether oxygens (including phenoxy) is 2. The summed E-state index contributed by atoms with van der Waals surface area (Å²) in [6.45, 7) is 0. The van der Waals surface area contributed by atoms with Gasteiger partial charge in [0.15, 0.2) is 17.6 Å². The Bertz CT molecular complexity index is 636. The van der Waals surface area contributed by atoms with Crippen LogP contribution in [0.3, 0.4) is 0 Å². The number of rotatable bonds is 5. The fourth-order valence-electron chi connectivity index (χ4n) is 1.78. The minimum Gasteiger partial charge on any atom is -0.493 e. The Morgan fingerprint density at radius 3 is 2.48 bits per heavy atom. The SMILES string of the molecule is COc1cc(C=O)ccc1OC(=O)C(O)c1ccccc1. The van der Waals surface area contributed by atoms with E-state index in [1.54, 1.807) is 30.3 Å². The van der Waals surface area contributed by atoms with Crippen LogP contribution in [-0.2, 0) is 4.79 Å². The lowest BCUT2D eigenvalue weighted by Gasteiger charge is -2.13. The van der Waals surface area contributed by atoms with Gasteiger partial charge in [-0.2, -0.15) is 0 Å². The molecule has 2 aromatic rings. The molecule has 0 spiro atoms. The molecule has 0 aliphatic rings. The zero-order chi connectivity index (χ0) is 15.2. The van der Waals surface area contributed by atoms with Crippen LogP contribution in [0.4, 0.5) is 0 Å². The molecule has 0 aromatic heterocycles. The second kappa shape index (κ2) is 6.67. The van der Waals surface area contributed by atoms with Crippen molar-refractivity contribution in [2.45, 2.75) is 6.10 Å². The molecule has 21 heavy (non-hydrogen) atoms. The fraction of sp³-hybridized carbons (Fsp3) is 0.125. The zero-order valence-corrected chi connectivity index (χ0v) is 11.4. The van der Waals surface area contributed by atoms with Gasteiger partial charge in [0.25, 0.3) is 0 Å². The number of hydrogen-bond acceptors (Lipinski definition) is 5. The molecule has 5 heteroatoms. The molecule has 0 fully saturated rings. The Labute approximate surface area is 121 Å². The third kappa shape index (κ3) is 3.46. The van der Waals surface area contributed by atoms with Crippen LogP contribution in [0.1, 0.15) is 22.0 Å². The molecule has 0 heterocycles. The summed E-state index contributed by atoms with van der Waals surface area (Å²) in [5.41, 5.74) is 0.834. The third-order valence-electron chi connectivity index (χ3n) is 2.87. The number of hydrogen-bond donors (Lipinski definition) is 1. The Morgan fingerprint density at radius 1 is 1.14 bits per heavy atom. The first-order valence-electron chi connectivity index (χ1n) is 6.23. The second-order valence-electron chi connectivity index (χ2n) is 4.26. The predicted molar refractivity (Wildman–Crippen MR) is 75.4 cm³/mol. The molecule has 5 nitrogen and oxygen atoms in total. The monoisotopic (exact) mass is 286 g/mol. The number of esters is 1. The second-order valence-corrected chi connectivity index (χ2v) is 4.26. The van der Waals surface area contributed by atoms with E-state index in [1.165, 1.54) is 25.3 Å². The Morgan fingerprint density at radius 2 is 1.86 bits per heavy atom. The number of aldehydes is 1. The number of benzene rings is 2. The maximum Gasteiger partial charge on any atom is 0.345 e. The number of aliphatic hydroxyl groups is 1. The molecule has 0 saturated heterocycles. The highest BCUT2D eigenvalue weighted by Gasteiger charge is 2.21. The van der Waals surface area contributed by atoms with Gasteiger partial charge in [0, 0.05) is 5.56 Å². The summed E-state index contributed by atoms with van der Waals surface area (Å²) < 4.78 is 10.2. The first kappa shape index (κ1) is 14.7. The van der Waals surface area contributed by atoms with E-state index < -0.39 is 12.1 Å². The standard InChI is InChI=1S/C16H14O5/c1-20-14-9-11(10-17)7-8-13(14)21-16(19)15(18)12-5-3-2-4-6-12/h2-10,15,18H,1H3. The molecule has 0 radical (unpaired) electrons. The maximum absolute atomic E-state index is 11.9. The minimum atomic E-state index is -1.39. The highest BCUT2D eigenvalue weighted by atomic mass is 16.6. The molecule has 1 atom stereocenters. The van der Waals surface area contributed by atoms with Gasteiger partial charge in [-0.3, -0.25) is 4.79 Å². The number of carbonyl (C=O) groups excluding carboxylic acids is 2. The Balaban J connectivity index is 2.18. The lowest BCUT2D eigenvalue weighted by Crippen LogP contribution is -2.18. The average Bonchev–Trinajstić information content (AvgIpc) is 2.55. The van der Waals surface area contributed by atoms with Gasteiger partial charge in [0.2, 0.25) is 0 Å². The molecule has 0 aliphatic heterocycles. The number of methoxy groups -OCH3 is 1. The summed E-state index contributed by atoms with van der Waals surface area (Å²) in [6, 6.07) is 12.8. The van der Waals surface area contributed by atoms with E-state index in [0.717, 1.165) is 0 Å². The average molecular weight is 286 g/mol. The van der Waals surface area contributed by atoms with E-state index in [2.05, 4.69) is 0 Å². The quantitative estimate of drug-likeness (QED) is 0.518. The van der Waals surface area contributed by atoms with Crippen molar-refractivity contribution in [1.29, 1.82) is 0 Å². The number of aliphatic hydroxyl groups excluding tert-OH is 1. The highest BCUT2D eigenvalue weighted by Crippen LogP contribution is 2.29. The number of carbonyl (C=O) groups is 2. The van der Waals surface area contributed by atoms with Crippen molar-refractivity contribution >= 4 is 12.3 Å². The van der Waals surface area contributed by atoms with Gasteiger partial charge < -0.3 is 14.6 Å². The predicted octanol–water partition coefficient (Wildman–Crippen LogP) is 2.15. The first-order chi connectivity index (χ1) is 10.2. The summed E-state index contributed by atoms with van der Waals surface area (Å²) in [6.07, 6.45) is -0.728. The normalized spacial score (nSPS) is 11.5. The van der Waals surface area contributed by atoms with Gasteiger partial charge in [-0.05, 0) is 23.8 Å². The molecular formula is C16H14O5. The highest BCUT2D eigenvalue weighted by molar-refractivity contribution is 5.80. The van der Waals surface area contributed by atoms with Gasteiger partial charge in [-0.1, -0.05) is 30.3 Å². The molecular weight excluding hydrogens is 272 g/mol. The molecule has 1 N–H and O–H groups in total. The molecule has 0 amide bonds. The summed E-state index contributed by atoms with van der Waals surface area (Å²) in [4.78, 5) is 22.6. The third-order valence-corrected chi connectivity index (χ3v) is 2.87. The van der Waals surface area contributed by atoms with Crippen LogP contribution >= 0.6 is 0 Å². The van der Waals surface area contributed by atoms with Crippen LogP contribution in [0.2, 0.25) is 0 Å². The van der Waals surface area contributed by atoms with Gasteiger partial charge >= 0.3 is 5.97 Å². The zero-order valence-electron chi connectivity index (χ0n) is 11.4. The van der Waals surface area contributed by atoms with Gasteiger partial charge in [0.1, 0.15) is 6.29 Å². The Hall–Kier alpha value is -2.66. The maximum atomic E-state index is 11.9. The Kier molecular flexibility index (Phi) is 4.68. The summed E-state index contributed by atoms with van der Waals surface area (Å²) in [5.74, 6) is -0.436. The van der Waals surface area contributed by atoms with Crippen LogP contribution in [0.15, 0.2) is 48.5 Å². The van der Waals surface area contributed by atoms with Crippen molar-refractivity contribution in [1.82, 2.24) is 0 Å². The smallest absolute Gasteiger partial charge is 0.345 e. The van der Waals surface area contributed by atoms with Crippen LogP contribution < -0.4 is 9.47 Å². The van der Waals surface area contributed by atoms with Crippen molar-refractivity contribution in [3.05, 3.63) is 59.7 Å². The fourth-order valence-corrected chi connectivity index (χ4v) is 1.78.